The minimum absolute atomic E-state index is 0.0491. The highest BCUT2D eigenvalue weighted by atomic mass is 35.5. The maximum absolute atomic E-state index is 13.7. The van der Waals surface area contributed by atoms with Crippen LogP contribution < -0.4 is 9.64 Å². The molecule has 8 heteroatoms. The number of carbonyl (C=O) groups excluding carboxylic acids is 2. The van der Waals surface area contributed by atoms with Crippen LogP contribution in [0.2, 0.25) is 5.02 Å². The molecule has 2 aromatic carbocycles. The van der Waals surface area contributed by atoms with Crippen molar-refractivity contribution in [3.63, 3.8) is 0 Å². The van der Waals surface area contributed by atoms with Crippen LogP contribution in [0.25, 0.3) is 11.0 Å². The molecule has 0 radical (unpaired) electrons. The number of fused-ring (bicyclic) bond motifs is 1. The summed E-state index contributed by atoms with van der Waals surface area (Å²) < 4.78 is 11.2. The van der Waals surface area contributed by atoms with Crippen LogP contribution in [0.1, 0.15) is 34.6 Å². The van der Waals surface area contributed by atoms with Crippen molar-refractivity contribution in [1.29, 1.82) is 0 Å². The van der Waals surface area contributed by atoms with Crippen LogP contribution in [-0.2, 0) is 11.2 Å². The summed E-state index contributed by atoms with van der Waals surface area (Å²) in [6.07, 6.45) is 4.01. The zero-order chi connectivity index (χ0) is 24.7. The highest BCUT2D eigenvalue weighted by Crippen LogP contribution is 2.42. The molecule has 4 aromatic rings. The quantitative estimate of drug-likeness (QED) is 0.343. The summed E-state index contributed by atoms with van der Waals surface area (Å²) in [6, 6.07) is 14.7. The number of aryl methyl sites for hydroxylation is 1. The number of anilines is 1. The van der Waals surface area contributed by atoms with Crippen LogP contribution in [0, 0.1) is 0 Å². The number of methoxy groups -OCH3 is 1. The monoisotopic (exact) mass is 488 g/mol. The predicted octanol–water partition coefficient (Wildman–Crippen LogP) is 5.84. The molecule has 2 aromatic heterocycles. The summed E-state index contributed by atoms with van der Waals surface area (Å²) in [5.41, 5.74) is 2.47. The third-order valence-electron chi connectivity index (χ3n) is 6.07. The number of aliphatic hydroxyl groups is 1. The number of hydrogen-bond donors (Lipinski definition) is 1. The lowest BCUT2D eigenvalue weighted by molar-refractivity contribution is -0.117. The molecule has 0 spiro atoms. The van der Waals surface area contributed by atoms with Crippen molar-refractivity contribution < 1.29 is 23.8 Å². The van der Waals surface area contributed by atoms with Crippen LogP contribution in [0.5, 0.6) is 5.75 Å². The molecule has 1 atom stereocenters. The number of ketones is 1. The summed E-state index contributed by atoms with van der Waals surface area (Å²) in [6.45, 7) is 2.04. The van der Waals surface area contributed by atoms with E-state index in [0.717, 1.165) is 12.0 Å². The number of aromatic nitrogens is 1. The van der Waals surface area contributed by atoms with Gasteiger partial charge in [0.1, 0.15) is 0 Å². The van der Waals surface area contributed by atoms with Crippen LogP contribution in [-0.4, -0.2) is 28.9 Å². The lowest BCUT2D eigenvalue weighted by Gasteiger charge is -2.26. The Morgan fingerprint density at radius 1 is 1.20 bits per heavy atom. The fourth-order valence-electron chi connectivity index (χ4n) is 4.33. The molecule has 0 saturated carbocycles. The van der Waals surface area contributed by atoms with E-state index in [1.165, 1.54) is 18.1 Å². The van der Waals surface area contributed by atoms with E-state index in [9.17, 15) is 14.7 Å². The van der Waals surface area contributed by atoms with Crippen molar-refractivity contribution in [1.82, 2.24) is 4.98 Å². The van der Waals surface area contributed by atoms with Gasteiger partial charge in [-0.25, -0.2) is 0 Å². The Kier molecular flexibility index (Phi) is 5.78. The maximum Gasteiger partial charge on any atom is 0.294 e. The van der Waals surface area contributed by atoms with E-state index in [2.05, 4.69) is 4.98 Å². The van der Waals surface area contributed by atoms with Gasteiger partial charge in [-0.2, -0.15) is 0 Å². The normalized spacial score (nSPS) is 15.8. The second kappa shape index (κ2) is 8.92. The molecule has 176 valence electrons. The summed E-state index contributed by atoms with van der Waals surface area (Å²) in [7, 11) is 1.47. The van der Waals surface area contributed by atoms with Gasteiger partial charge in [-0.3, -0.25) is 19.5 Å². The Morgan fingerprint density at radius 2 is 1.97 bits per heavy atom. The molecule has 5 rings (SSSR count). The van der Waals surface area contributed by atoms with Crippen molar-refractivity contribution in [3.8, 4) is 5.75 Å². The van der Waals surface area contributed by atoms with E-state index < -0.39 is 23.5 Å². The van der Waals surface area contributed by atoms with E-state index in [4.69, 9.17) is 20.8 Å². The predicted molar refractivity (Wildman–Crippen MR) is 132 cm³/mol. The van der Waals surface area contributed by atoms with Crippen molar-refractivity contribution in [2.45, 2.75) is 19.4 Å². The maximum atomic E-state index is 13.7. The second-order valence-electron chi connectivity index (χ2n) is 8.11. The minimum Gasteiger partial charge on any atom is -0.503 e. The van der Waals surface area contributed by atoms with Crippen molar-refractivity contribution in [2.75, 3.05) is 12.0 Å². The van der Waals surface area contributed by atoms with Gasteiger partial charge in [-0.1, -0.05) is 36.7 Å². The first-order chi connectivity index (χ1) is 16.9. The number of rotatable bonds is 6. The van der Waals surface area contributed by atoms with Gasteiger partial charge in [0, 0.05) is 34.6 Å². The minimum atomic E-state index is -0.894. The van der Waals surface area contributed by atoms with E-state index in [0.29, 0.717) is 33.0 Å². The number of Topliss-reactive ketones (excluding diaryl/α,β-unsaturated/α-hetero) is 1. The molecule has 0 bridgehead atoms. The Hall–Kier alpha value is -4.10. The molecular weight excluding hydrogens is 468 g/mol. The molecule has 1 N–H and O–H groups in total. The number of amides is 1. The molecule has 7 nitrogen and oxygen atoms in total. The number of ether oxygens (including phenoxy) is 1. The standard InChI is InChI=1S/C27H21ClN2O5/c1-3-15-6-8-19(9-7-15)30-23(16-5-4-10-29-14-16)22(25(32)27(30)33)24(31)20-12-17-11-18(28)13-21(34-2)26(17)35-20/h4-14,23,32H,3H2,1-2H3. The number of hydrogen-bond acceptors (Lipinski definition) is 6. The molecule has 0 fully saturated rings. The third-order valence-corrected chi connectivity index (χ3v) is 6.28. The Bertz CT molecular complexity index is 1470. The largest absolute Gasteiger partial charge is 0.503 e. The Labute approximate surface area is 206 Å². The number of halogens is 1. The summed E-state index contributed by atoms with van der Waals surface area (Å²) in [5.74, 6) is -1.61. The van der Waals surface area contributed by atoms with Crippen molar-refractivity contribution in [3.05, 3.63) is 100 Å². The second-order valence-corrected chi connectivity index (χ2v) is 8.55. The van der Waals surface area contributed by atoms with Gasteiger partial charge in [0.15, 0.2) is 22.9 Å². The van der Waals surface area contributed by atoms with Crippen LogP contribution >= 0.6 is 11.6 Å². The van der Waals surface area contributed by atoms with Gasteiger partial charge in [-0.05, 0) is 47.9 Å². The van der Waals surface area contributed by atoms with Gasteiger partial charge < -0.3 is 14.3 Å². The van der Waals surface area contributed by atoms with Crippen LogP contribution in [0.3, 0.4) is 0 Å². The zero-order valence-electron chi connectivity index (χ0n) is 19.0. The molecule has 3 heterocycles. The average molecular weight is 489 g/mol. The van der Waals surface area contributed by atoms with Crippen molar-refractivity contribution >= 4 is 39.9 Å². The van der Waals surface area contributed by atoms with E-state index in [-0.39, 0.29) is 11.3 Å². The number of furan rings is 1. The average Bonchev–Trinajstić information content (AvgIpc) is 3.42. The summed E-state index contributed by atoms with van der Waals surface area (Å²) in [4.78, 5) is 32.6. The van der Waals surface area contributed by atoms with Gasteiger partial charge in [0.25, 0.3) is 5.91 Å². The SMILES string of the molecule is CCc1ccc(N2C(=O)C(O)=C(C(=O)c3cc4cc(Cl)cc(OC)c4o3)C2c2cccnc2)cc1. The fourth-order valence-corrected chi connectivity index (χ4v) is 4.55. The first kappa shape index (κ1) is 22.7. The highest BCUT2D eigenvalue weighted by molar-refractivity contribution is 6.31. The molecular formula is C27H21ClN2O5. The number of pyridine rings is 1. The van der Waals surface area contributed by atoms with Crippen LogP contribution in [0.4, 0.5) is 5.69 Å². The molecule has 35 heavy (non-hydrogen) atoms. The van der Waals surface area contributed by atoms with Crippen molar-refractivity contribution in [2.24, 2.45) is 0 Å². The first-order valence-corrected chi connectivity index (χ1v) is 11.4. The zero-order valence-corrected chi connectivity index (χ0v) is 19.7. The van der Waals surface area contributed by atoms with Gasteiger partial charge in [-0.15, -0.1) is 0 Å². The molecule has 0 aliphatic carbocycles. The smallest absolute Gasteiger partial charge is 0.294 e. The van der Waals surface area contributed by atoms with E-state index in [1.54, 1.807) is 48.8 Å². The highest BCUT2D eigenvalue weighted by Gasteiger charge is 2.45. The lowest BCUT2D eigenvalue weighted by Crippen LogP contribution is -2.31. The number of nitrogens with zero attached hydrogens (tertiary/aromatic N) is 2. The molecule has 0 saturated heterocycles. The molecule has 1 aliphatic heterocycles. The first-order valence-electron chi connectivity index (χ1n) is 11.0. The third kappa shape index (κ3) is 3.84. The summed E-state index contributed by atoms with van der Waals surface area (Å²) in [5, 5.41) is 11.9. The molecule has 1 aliphatic rings. The van der Waals surface area contributed by atoms with E-state index in [1.807, 2.05) is 19.1 Å². The fraction of sp³-hybridized carbons (Fsp3) is 0.148. The van der Waals surface area contributed by atoms with Gasteiger partial charge in [0.2, 0.25) is 5.78 Å². The van der Waals surface area contributed by atoms with Gasteiger partial charge >= 0.3 is 0 Å². The number of carbonyl (C=O) groups is 2. The van der Waals surface area contributed by atoms with E-state index >= 15 is 0 Å². The molecule has 1 amide bonds. The van der Waals surface area contributed by atoms with Gasteiger partial charge in [0.05, 0.1) is 18.7 Å². The Balaban J connectivity index is 1.64. The molecule has 1 unspecified atom stereocenters. The summed E-state index contributed by atoms with van der Waals surface area (Å²) >= 11 is 6.16. The van der Waals surface area contributed by atoms with Crippen LogP contribution in [0.15, 0.2) is 82.7 Å². The topological polar surface area (TPSA) is 92.9 Å². The number of aliphatic hydroxyl groups excluding tert-OH is 1. The number of benzene rings is 2. The lowest BCUT2D eigenvalue weighted by atomic mass is 9.95. The Morgan fingerprint density at radius 3 is 2.63 bits per heavy atom.